The first-order valence-electron chi connectivity index (χ1n) is 7.53. The summed E-state index contributed by atoms with van der Waals surface area (Å²) in [5, 5.41) is 2.91. The number of anilines is 1. The van der Waals surface area contributed by atoms with Gasteiger partial charge in [0.05, 0.1) is 11.9 Å². The molecule has 0 aliphatic heterocycles. The average molecular weight is 326 g/mol. The molecule has 1 aromatic carbocycles. The van der Waals surface area contributed by atoms with Crippen LogP contribution in [0.2, 0.25) is 0 Å². The first kappa shape index (κ1) is 18.5. The van der Waals surface area contributed by atoms with Crippen molar-refractivity contribution in [3.63, 3.8) is 0 Å². The van der Waals surface area contributed by atoms with E-state index in [1.807, 2.05) is 33.8 Å². The van der Waals surface area contributed by atoms with Crippen LogP contribution in [0.4, 0.5) is 5.69 Å². The van der Waals surface area contributed by atoms with Crippen LogP contribution in [0.1, 0.15) is 34.1 Å². The summed E-state index contributed by atoms with van der Waals surface area (Å²) < 4.78 is 25.6. The molecule has 0 aliphatic carbocycles. The van der Waals surface area contributed by atoms with Crippen LogP contribution in [0.15, 0.2) is 30.3 Å². The maximum Gasteiger partial charge on any atom is 0.244 e. The summed E-state index contributed by atoms with van der Waals surface area (Å²) in [6.45, 7) is 7.75. The Morgan fingerprint density at radius 2 is 1.73 bits per heavy atom. The first-order chi connectivity index (χ1) is 10.2. The molecular formula is C16H26N2O3S. The molecule has 0 aromatic heterocycles. The minimum absolute atomic E-state index is 0.0151. The maximum absolute atomic E-state index is 12.5. The maximum atomic E-state index is 12.5. The van der Waals surface area contributed by atoms with E-state index in [9.17, 15) is 13.2 Å². The molecule has 1 aromatic rings. The molecule has 0 saturated carbocycles. The second-order valence-corrected chi connectivity index (χ2v) is 7.72. The van der Waals surface area contributed by atoms with Crippen molar-refractivity contribution in [3.05, 3.63) is 30.3 Å². The van der Waals surface area contributed by atoms with Gasteiger partial charge in [0.25, 0.3) is 0 Å². The van der Waals surface area contributed by atoms with E-state index < -0.39 is 16.1 Å². The fourth-order valence-electron chi connectivity index (χ4n) is 2.12. The SMILES string of the molecule is CCC(C(=O)NC(C)C(C)C)N(c1ccccc1)S(C)(=O)=O. The third-order valence-electron chi connectivity index (χ3n) is 3.71. The molecule has 0 spiro atoms. The highest BCUT2D eigenvalue weighted by Crippen LogP contribution is 2.22. The van der Waals surface area contributed by atoms with E-state index in [2.05, 4.69) is 5.32 Å². The summed E-state index contributed by atoms with van der Waals surface area (Å²) >= 11 is 0. The number of carbonyl (C=O) groups is 1. The Kier molecular flexibility index (Phi) is 6.41. The highest BCUT2D eigenvalue weighted by Gasteiger charge is 2.32. The number of amides is 1. The predicted octanol–water partition coefficient (Wildman–Crippen LogP) is 2.39. The molecule has 0 heterocycles. The summed E-state index contributed by atoms with van der Waals surface area (Å²) in [4.78, 5) is 12.5. The zero-order chi connectivity index (χ0) is 16.9. The van der Waals surface area contributed by atoms with Crippen molar-refractivity contribution < 1.29 is 13.2 Å². The van der Waals surface area contributed by atoms with Crippen molar-refractivity contribution in [2.45, 2.75) is 46.2 Å². The molecule has 1 rings (SSSR count). The molecule has 0 saturated heterocycles. The molecule has 0 bridgehead atoms. The number of para-hydroxylation sites is 1. The molecule has 0 radical (unpaired) electrons. The fraction of sp³-hybridized carbons (Fsp3) is 0.562. The number of hydrogen-bond acceptors (Lipinski definition) is 3. The highest BCUT2D eigenvalue weighted by molar-refractivity contribution is 7.92. The molecule has 0 aliphatic rings. The second-order valence-electron chi connectivity index (χ2n) is 5.86. The van der Waals surface area contributed by atoms with Gasteiger partial charge in [-0.1, -0.05) is 39.0 Å². The molecule has 2 atom stereocenters. The molecular weight excluding hydrogens is 300 g/mol. The molecule has 5 nitrogen and oxygen atoms in total. The van der Waals surface area contributed by atoms with Gasteiger partial charge in [0, 0.05) is 6.04 Å². The Hall–Kier alpha value is -1.56. The number of nitrogens with one attached hydrogen (secondary N) is 1. The van der Waals surface area contributed by atoms with Crippen molar-refractivity contribution >= 4 is 21.6 Å². The second kappa shape index (κ2) is 7.63. The third-order valence-corrected chi connectivity index (χ3v) is 4.89. The van der Waals surface area contributed by atoms with Crippen LogP contribution in [0.5, 0.6) is 0 Å². The molecule has 0 fully saturated rings. The summed E-state index contributed by atoms with van der Waals surface area (Å²) in [6.07, 6.45) is 1.53. The molecule has 22 heavy (non-hydrogen) atoms. The lowest BCUT2D eigenvalue weighted by Crippen LogP contribution is -2.51. The third kappa shape index (κ3) is 4.73. The zero-order valence-electron chi connectivity index (χ0n) is 13.9. The molecule has 6 heteroatoms. The monoisotopic (exact) mass is 326 g/mol. The van der Waals surface area contributed by atoms with E-state index in [0.717, 1.165) is 6.26 Å². The van der Waals surface area contributed by atoms with Gasteiger partial charge in [-0.3, -0.25) is 9.10 Å². The largest absolute Gasteiger partial charge is 0.352 e. The normalized spacial score (nSPS) is 14.5. The van der Waals surface area contributed by atoms with Crippen LogP contribution in [-0.4, -0.2) is 32.7 Å². The summed E-state index contributed by atoms with van der Waals surface area (Å²) in [5.41, 5.74) is 0.504. The Morgan fingerprint density at radius 1 is 1.18 bits per heavy atom. The molecule has 1 N–H and O–H groups in total. The zero-order valence-corrected chi connectivity index (χ0v) is 14.7. The standard InChI is InChI=1S/C16H26N2O3S/c1-6-15(16(19)17-13(4)12(2)3)18(22(5,20)21)14-10-8-7-9-11-14/h7-13,15H,6H2,1-5H3,(H,17,19). The first-order valence-corrected chi connectivity index (χ1v) is 9.38. The van der Waals surface area contributed by atoms with Gasteiger partial charge in [-0.05, 0) is 31.4 Å². The van der Waals surface area contributed by atoms with Gasteiger partial charge in [-0.15, -0.1) is 0 Å². The van der Waals surface area contributed by atoms with Crippen molar-refractivity contribution in [1.29, 1.82) is 0 Å². The predicted molar refractivity (Wildman–Crippen MR) is 90.3 cm³/mol. The molecule has 2 unspecified atom stereocenters. The summed E-state index contributed by atoms with van der Waals surface area (Å²) in [5.74, 6) is 0.0165. The Balaban J connectivity index is 3.14. The van der Waals surface area contributed by atoms with Gasteiger partial charge >= 0.3 is 0 Å². The van der Waals surface area contributed by atoms with E-state index in [1.54, 1.807) is 24.3 Å². The van der Waals surface area contributed by atoms with Gasteiger partial charge < -0.3 is 5.32 Å². The van der Waals surface area contributed by atoms with E-state index in [4.69, 9.17) is 0 Å². The van der Waals surface area contributed by atoms with E-state index >= 15 is 0 Å². The summed E-state index contributed by atoms with van der Waals surface area (Å²) in [7, 11) is -3.56. The van der Waals surface area contributed by atoms with Crippen molar-refractivity contribution in [2.24, 2.45) is 5.92 Å². The average Bonchev–Trinajstić information content (AvgIpc) is 2.43. The quantitative estimate of drug-likeness (QED) is 0.836. The number of carbonyl (C=O) groups excluding carboxylic acids is 1. The van der Waals surface area contributed by atoms with Gasteiger partial charge in [0.1, 0.15) is 6.04 Å². The Labute approximate surface area is 133 Å². The van der Waals surface area contributed by atoms with Crippen LogP contribution in [0, 0.1) is 5.92 Å². The van der Waals surface area contributed by atoms with Gasteiger partial charge in [0.2, 0.25) is 15.9 Å². The van der Waals surface area contributed by atoms with Gasteiger partial charge in [0.15, 0.2) is 0 Å². The highest BCUT2D eigenvalue weighted by atomic mass is 32.2. The van der Waals surface area contributed by atoms with Crippen molar-refractivity contribution in [2.75, 3.05) is 10.6 Å². The van der Waals surface area contributed by atoms with E-state index in [0.29, 0.717) is 12.1 Å². The lowest BCUT2D eigenvalue weighted by atomic mass is 10.1. The topological polar surface area (TPSA) is 66.5 Å². The van der Waals surface area contributed by atoms with Crippen molar-refractivity contribution in [1.82, 2.24) is 5.32 Å². The number of nitrogens with zero attached hydrogens (tertiary/aromatic N) is 1. The van der Waals surface area contributed by atoms with Gasteiger partial charge in [-0.25, -0.2) is 8.42 Å². The van der Waals surface area contributed by atoms with Gasteiger partial charge in [-0.2, -0.15) is 0 Å². The Bertz CT molecular complexity index is 585. The number of hydrogen-bond donors (Lipinski definition) is 1. The number of sulfonamides is 1. The van der Waals surface area contributed by atoms with Crippen LogP contribution < -0.4 is 9.62 Å². The molecule has 124 valence electrons. The lowest BCUT2D eigenvalue weighted by Gasteiger charge is -2.31. The smallest absolute Gasteiger partial charge is 0.244 e. The van der Waals surface area contributed by atoms with E-state index in [-0.39, 0.29) is 17.9 Å². The Morgan fingerprint density at radius 3 is 2.14 bits per heavy atom. The van der Waals surface area contributed by atoms with Crippen LogP contribution in [0.3, 0.4) is 0 Å². The number of rotatable bonds is 7. The fourth-order valence-corrected chi connectivity index (χ4v) is 3.33. The van der Waals surface area contributed by atoms with E-state index in [1.165, 1.54) is 4.31 Å². The molecule has 1 amide bonds. The lowest BCUT2D eigenvalue weighted by molar-refractivity contribution is -0.123. The van der Waals surface area contributed by atoms with Crippen LogP contribution >= 0.6 is 0 Å². The van der Waals surface area contributed by atoms with Crippen LogP contribution in [-0.2, 0) is 14.8 Å². The van der Waals surface area contributed by atoms with Crippen LogP contribution in [0.25, 0.3) is 0 Å². The minimum Gasteiger partial charge on any atom is -0.352 e. The summed E-state index contributed by atoms with van der Waals surface area (Å²) in [6, 6.07) is 7.96. The number of benzene rings is 1. The van der Waals surface area contributed by atoms with Crippen molar-refractivity contribution in [3.8, 4) is 0 Å². The minimum atomic E-state index is -3.56.